The molecule has 3 aliphatic rings. The van der Waals surface area contributed by atoms with Crippen molar-refractivity contribution in [3.05, 3.63) is 10.6 Å². The molecule has 0 unspecified atom stereocenters. The van der Waals surface area contributed by atoms with Gasteiger partial charge in [0.25, 0.3) is 0 Å². The number of aliphatic hydroxyl groups is 1. The summed E-state index contributed by atoms with van der Waals surface area (Å²) in [6, 6.07) is -0.412. The quantitative estimate of drug-likeness (QED) is 0.388. The third kappa shape index (κ3) is 2.92. The number of carboxylic acid groups (broad SMARTS) is 1. The monoisotopic (exact) mass is 362 g/mol. The Labute approximate surface area is 166 Å². The van der Waals surface area contributed by atoms with Gasteiger partial charge in [-0.2, -0.15) is 0 Å². The number of nitrogens with zero attached hydrogens (tertiary/aromatic N) is 1. The molecule has 9 heteroatoms. The van der Waals surface area contributed by atoms with Crippen molar-refractivity contribution in [1.29, 1.82) is 0 Å². The second-order valence-corrected chi connectivity index (χ2v) is 7.75. The normalized spacial score (nSPS) is 36.0. The van der Waals surface area contributed by atoms with Crippen molar-refractivity contribution < 1.29 is 54.2 Å². The molecule has 2 fully saturated rings. The fraction of sp³-hybridized carbons (Fsp3) is 0.667. The zero-order chi connectivity index (χ0) is 17.0. The van der Waals surface area contributed by atoms with Crippen LogP contribution in [0.5, 0.6) is 0 Å². The maximum atomic E-state index is 12.2. The predicted molar refractivity (Wildman–Crippen MR) is 80.6 cm³/mol. The number of fused-ring (bicyclic) bond motifs is 1. The number of hydrogen-bond donors (Lipinski definition) is 2. The minimum Gasteiger partial charge on any atom is -0.543 e. The van der Waals surface area contributed by atoms with Crippen LogP contribution in [0.1, 0.15) is 27.2 Å². The van der Waals surface area contributed by atoms with Gasteiger partial charge < -0.3 is 25.2 Å². The van der Waals surface area contributed by atoms with Crippen molar-refractivity contribution in [2.24, 2.45) is 11.8 Å². The fourth-order valence-electron chi connectivity index (χ4n) is 3.74. The maximum Gasteiger partial charge on any atom is 1.00 e. The first-order valence-electron chi connectivity index (χ1n) is 7.66. The van der Waals surface area contributed by atoms with Gasteiger partial charge in [-0.15, -0.1) is 11.8 Å². The number of aliphatic carboxylic acids is 1. The first kappa shape index (κ1) is 19.8. The molecule has 0 aromatic rings. The van der Waals surface area contributed by atoms with Gasteiger partial charge >= 0.3 is 29.6 Å². The van der Waals surface area contributed by atoms with Gasteiger partial charge in [-0.1, -0.05) is 6.92 Å². The van der Waals surface area contributed by atoms with Gasteiger partial charge in [0.2, 0.25) is 11.8 Å². The largest absolute Gasteiger partial charge is 1.00 e. The molecule has 2 N–H and O–H groups in total. The van der Waals surface area contributed by atoms with E-state index in [-0.39, 0.29) is 70.3 Å². The van der Waals surface area contributed by atoms with Crippen LogP contribution in [0.15, 0.2) is 10.6 Å². The zero-order valence-electron chi connectivity index (χ0n) is 14.1. The van der Waals surface area contributed by atoms with Crippen LogP contribution in [-0.2, 0) is 14.4 Å². The van der Waals surface area contributed by atoms with E-state index in [1.54, 1.807) is 0 Å². The summed E-state index contributed by atoms with van der Waals surface area (Å²) in [5.74, 6) is -2.60. The predicted octanol–water partition coefficient (Wildman–Crippen LogP) is -4.18. The molecule has 0 saturated carbocycles. The van der Waals surface area contributed by atoms with Crippen LogP contribution in [0.2, 0.25) is 0 Å². The summed E-state index contributed by atoms with van der Waals surface area (Å²) in [4.78, 5) is 37.1. The van der Waals surface area contributed by atoms with Crippen molar-refractivity contribution in [2.45, 2.75) is 50.6 Å². The van der Waals surface area contributed by atoms with Crippen molar-refractivity contribution in [3.8, 4) is 0 Å². The Morgan fingerprint density at radius 2 is 2.04 bits per heavy atom. The average molecular weight is 362 g/mol. The molecular weight excluding hydrogens is 343 g/mol. The second-order valence-electron chi connectivity index (χ2n) is 6.47. The molecule has 0 aliphatic carbocycles. The molecule has 0 aromatic carbocycles. The molecule has 3 rings (SSSR count). The Morgan fingerprint density at radius 1 is 1.42 bits per heavy atom. The van der Waals surface area contributed by atoms with Crippen LogP contribution in [-0.4, -0.2) is 51.2 Å². The van der Waals surface area contributed by atoms with E-state index in [4.69, 9.17) is 0 Å². The molecule has 2 amide bonds. The van der Waals surface area contributed by atoms with E-state index >= 15 is 0 Å². The van der Waals surface area contributed by atoms with Crippen LogP contribution in [0.25, 0.3) is 0 Å². The summed E-state index contributed by atoms with van der Waals surface area (Å²) in [5, 5.41) is 24.1. The van der Waals surface area contributed by atoms with E-state index in [0.717, 1.165) is 0 Å². The molecule has 6 atom stereocenters. The smallest absolute Gasteiger partial charge is 0.543 e. The molecule has 3 heterocycles. The molecule has 2 saturated heterocycles. The standard InChI is InChI=1S/C15H20N2O5S.Na/c1-5-11-10(7(3)18)14(20)17(11)12(15(21)22)13(5)23-8-4-9(19)16-6(8)2;/h5-8,10-11,18H,4H2,1-3H3,(H,16,19)(H,21,22);/q;+1/p-1/t5-,6-,7-,8+,10-,11-;/m1./s1. The van der Waals surface area contributed by atoms with Crippen molar-refractivity contribution in [2.75, 3.05) is 0 Å². The summed E-state index contributed by atoms with van der Waals surface area (Å²) in [6.07, 6.45) is -0.506. The Morgan fingerprint density at radius 3 is 2.50 bits per heavy atom. The topological polar surface area (TPSA) is 110 Å². The molecular formula is C15H19N2NaO5S. The van der Waals surface area contributed by atoms with E-state index in [1.165, 1.54) is 23.6 Å². The Kier molecular flexibility index (Phi) is 5.76. The molecule has 7 nitrogen and oxygen atoms in total. The van der Waals surface area contributed by atoms with Crippen LogP contribution >= 0.6 is 11.8 Å². The summed E-state index contributed by atoms with van der Waals surface area (Å²) in [7, 11) is 0. The van der Waals surface area contributed by atoms with Gasteiger partial charge in [-0.25, -0.2) is 0 Å². The van der Waals surface area contributed by atoms with Gasteiger partial charge in [0, 0.05) is 28.5 Å². The Balaban J connectivity index is 0.00000208. The number of carboxylic acids is 1. The average Bonchev–Trinajstić information content (AvgIpc) is 2.87. The summed E-state index contributed by atoms with van der Waals surface area (Å²) in [5.41, 5.74) is -0.0963. The third-order valence-electron chi connectivity index (χ3n) is 4.91. The molecule has 0 radical (unpaired) electrons. The summed E-state index contributed by atoms with van der Waals surface area (Å²) < 4.78 is 0. The van der Waals surface area contributed by atoms with Gasteiger partial charge in [0.1, 0.15) is 0 Å². The van der Waals surface area contributed by atoms with Gasteiger partial charge in [0.15, 0.2) is 0 Å². The molecule has 0 bridgehead atoms. The van der Waals surface area contributed by atoms with E-state index in [9.17, 15) is 24.6 Å². The first-order chi connectivity index (χ1) is 10.7. The van der Waals surface area contributed by atoms with E-state index in [2.05, 4.69) is 5.32 Å². The molecule has 126 valence electrons. The van der Waals surface area contributed by atoms with Crippen LogP contribution in [0.3, 0.4) is 0 Å². The summed E-state index contributed by atoms with van der Waals surface area (Å²) >= 11 is 1.33. The van der Waals surface area contributed by atoms with Crippen LogP contribution < -0.4 is 40.0 Å². The fourth-order valence-corrected chi connectivity index (χ4v) is 5.22. The Hall–Kier alpha value is -0.540. The van der Waals surface area contributed by atoms with Gasteiger partial charge in [-0.3, -0.25) is 9.59 Å². The van der Waals surface area contributed by atoms with Crippen molar-refractivity contribution in [1.82, 2.24) is 10.2 Å². The van der Waals surface area contributed by atoms with Crippen LogP contribution in [0, 0.1) is 11.8 Å². The summed E-state index contributed by atoms with van der Waals surface area (Å²) in [6.45, 7) is 5.27. The zero-order valence-corrected chi connectivity index (χ0v) is 16.9. The number of carbonyl (C=O) groups is 3. The van der Waals surface area contributed by atoms with Crippen molar-refractivity contribution >= 4 is 29.5 Å². The molecule has 24 heavy (non-hydrogen) atoms. The minimum atomic E-state index is -1.39. The second kappa shape index (κ2) is 6.99. The van der Waals surface area contributed by atoms with Crippen LogP contribution in [0.4, 0.5) is 0 Å². The first-order valence-corrected chi connectivity index (χ1v) is 8.54. The number of rotatable bonds is 4. The number of thioether (sulfide) groups is 1. The number of amides is 2. The van der Waals surface area contributed by atoms with E-state index < -0.39 is 18.0 Å². The third-order valence-corrected chi connectivity index (χ3v) is 6.61. The number of hydrogen-bond acceptors (Lipinski definition) is 6. The van der Waals surface area contributed by atoms with Gasteiger partial charge in [-0.05, 0) is 13.8 Å². The van der Waals surface area contributed by atoms with E-state index in [0.29, 0.717) is 11.3 Å². The van der Waals surface area contributed by atoms with Crippen molar-refractivity contribution in [3.63, 3.8) is 0 Å². The number of aliphatic hydroxyl groups excluding tert-OH is 1. The molecule has 0 spiro atoms. The minimum absolute atomic E-state index is 0. The van der Waals surface area contributed by atoms with Gasteiger partial charge in [0.05, 0.1) is 29.7 Å². The number of nitrogens with one attached hydrogen (secondary N) is 1. The molecule has 0 aromatic heterocycles. The number of β-lactam (4-membered cyclic amide) rings is 1. The van der Waals surface area contributed by atoms with E-state index in [1.807, 2.05) is 13.8 Å². The molecule has 3 aliphatic heterocycles. The Bertz CT molecular complexity index is 623. The SMILES string of the molecule is C[C@@H](O)[C@H]1C(=O)N2C(C(=O)[O-])=C(S[C@H]3CC(=O)N[C@@H]3C)[C@H](C)[C@H]12.[Na+]. The maximum absolute atomic E-state index is 12.2. The number of carbonyl (C=O) groups excluding carboxylic acids is 3.